The molecule has 0 radical (unpaired) electrons. The van der Waals surface area contributed by atoms with E-state index in [1.165, 1.54) is 16.9 Å². The van der Waals surface area contributed by atoms with Gasteiger partial charge in [-0.3, -0.25) is 0 Å². The first-order valence-corrected chi connectivity index (χ1v) is 8.11. The molecule has 0 N–H and O–H groups in total. The van der Waals surface area contributed by atoms with E-state index in [0.717, 1.165) is 33.3 Å². The molecule has 2 heterocycles. The van der Waals surface area contributed by atoms with Gasteiger partial charge in [0.05, 0.1) is 9.86 Å². The number of nitrogens with zero attached hydrogens (tertiary/aromatic N) is 2. The summed E-state index contributed by atoms with van der Waals surface area (Å²) in [6, 6.07) is 7.82. The maximum Gasteiger partial charge on any atom is 0.231 e. The van der Waals surface area contributed by atoms with E-state index < -0.39 is 0 Å². The summed E-state index contributed by atoms with van der Waals surface area (Å²) in [7, 11) is 0. The number of aryl methyl sites for hydroxylation is 2. The van der Waals surface area contributed by atoms with Crippen LogP contribution in [-0.4, -0.2) is 9.97 Å². The summed E-state index contributed by atoms with van der Waals surface area (Å²) < 4.78 is 6.94. The van der Waals surface area contributed by atoms with Crippen molar-refractivity contribution in [3.63, 3.8) is 0 Å². The van der Waals surface area contributed by atoms with Crippen molar-refractivity contribution in [3.05, 3.63) is 45.5 Å². The Labute approximate surface area is 128 Å². The number of aromatic nitrogens is 2. The van der Waals surface area contributed by atoms with E-state index in [1.807, 2.05) is 24.3 Å². The zero-order valence-electron chi connectivity index (χ0n) is 10.6. The van der Waals surface area contributed by atoms with Crippen LogP contribution in [0.25, 0.3) is 10.2 Å². The Hall–Kier alpha value is -1.46. The molecule has 2 aromatic heterocycles. The second kappa shape index (κ2) is 4.82. The lowest BCUT2D eigenvalue weighted by Gasteiger charge is -2.08. The van der Waals surface area contributed by atoms with Gasteiger partial charge in [0.25, 0.3) is 0 Å². The highest BCUT2D eigenvalue weighted by Gasteiger charge is 2.22. The lowest BCUT2D eigenvalue weighted by Crippen LogP contribution is -1.92. The molecule has 0 unspecified atom stereocenters. The Kier molecular flexibility index (Phi) is 2.97. The number of thiophene rings is 1. The number of halogens is 1. The van der Waals surface area contributed by atoms with Gasteiger partial charge in [-0.15, -0.1) is 11.3 Å². The van der Waals surface area contributed by atoms with Gasteiger partial charge in [0.15, 0.2) is 0 Å². The van der Waals surface area contributed by atoms with E-state index in [1.54, 1.807) is 17.7 Å². The van der Waals surface area contributed by atoms with E-state index >= 15 is 0 Å². The SMILES string of the molecule is Brc1ccccc1Oc1ncnc2sc3c(c12)CCC3. The van der Waals surface area contributed by atoms with Crippen molar-refractivity contribution in [1.82, 2.24) is 9.97 Å². The zero-order chi connectivity index (χ0) is 13.5. The highest BCUT2D eigenvalue weighted by atomic mass is 79.9. The summed E-state index contributed by atoms with van der Waals surface area (Å²) in [5.41, 5.74) is 1.38. The molecule has 0 bridgehead atoms. The van der Waals surface area contributed by atoms with Crippen molar-refractivity contribution in [2.24, 2.45) is 0 Å². The highest BCUT2D eigenvalue weighted by molar-refractivity contribution is 9.10. The van der Waals surface area contributed by atoms with Crippen LogP contribution in [0.4, 0.5) is 0 Å². The van der Waals surface area contributed by atoms with Crippen LogP contribution < -0.4 is 4.74 Å². The molecule has 1 aliphatic rings. The minimum Gasteiger partial charge on any atom is -0.437 e. The van der Waals surface area contributed by atoms with E-state index in [0.29, 0.717) is 5.88 Å². The third-order valence-electron chi connectivity index (χ3n) is 3.51. The van der Waals surface area contributed by atoms with Crippen molar-refractivity contribution in [3.8, 4) is 11.6 Å². The summed E-state index contributed by atoms with van der Waals surface area (Å²) in [5, 5.41) is 1.10. The van der Waals surface area contributed by atoms with Gasteiger partial charge in [-0.05, 0) is 52.9 Å². The van der Waals surface area contributed by atoms with Crippen LogP contribution in [0.2, 0.25) is 0 Å². The molecule has 3 aromatic rings. The van der Waals surface area contributed by atoms with Crippen LogP contribution in [0, 0.1) is 0 Å². The maximum atomic E-state index is 6.01. The van der Waals surface area contributed by atoms with Gasteiger partial charge < -0.3 is 4.74 Å². The highest BCUT2D eigenvalue weighted by Crippen LogP contribution is 2.41. The van der Waals surface area contributed by atoms with Gasteiger partial charge in [0, 0.05) is 4.88 Å². The Balaban J connectivity index is 1.86. The molecule has 0 atom stereocenters. The molecule has 0 saturated heterocycles. The first-order valence-electron chi connectivity index (χ1n) is 6.50. The topological polar surface area (TPSA) is 35.0 Å². The first-order chi connectivity index (χ1) is 9.83. The maximum absolute atomic E-state index is 6.01. The standard InChI is InChI=1S/C15H11BrN2OS/c16-10-5-1-2-6-11(10)19-14-13-9-4-3-7-12(9)20-15(13)18-8-17-14/h1-2,5-6,8H,3-4,7H2. The van der Waals surface area contributed by atoms with Gasteiger partial charge in [0.2, 0.25) is 5.88 Å². The molecule has 0 spiro atoms. The van der Waals surface area contributed by atoms with E-state index in [4.69, 9.17) is 4.74 Å². The summed E-state index contributed by atoms with van der Waals surface area (Å²) >= 11 is 5.28. The lowest BCUT2D eigenvalue weighted by molar-refractivity contribution is 0.465. The molecular weight excluding hydrogens is 336 g/mol. The number of ether oxygens (including phenoxy) is 1. The van der Waals surface area contributed by atoms with Crippen molar-refractivity contribution >= 4 is 37.5 Å². The largest absolute Gasteiger partial charge is 0.437 e. The molecule has 5 heteroatoms. The monoisotopic (exact) mass is 346 g/mol. The normalized spacial score (nSPS) is 13.7. The Morgan fingerprint density at radius 1 is 1.15 bits per heavy atom. The Morgan fingerprint density at radius 2 is 2.05 bits per heavy atom. The molecule has 1 aliphatic carbocycles. The first kappa shape index (κ1) is 12.3. The lowest BCUT2D eigenvalue weighted by atomic mass is 10.2. The van der Waals surface area contributed by atoms with E-state index in [-0.39, 0.29) is 0 Å². The quantitative estimate of drug-likeness (QED) is 0.672. The fourth-order valence-electron chi connectivity index (χ4n) is 2.61. The average molecular weight is 347 g/mol. The van der Waals surface area contributed by atoms with Crippen LogP contribution in [0.15, 0.2) is 35.1 Å². The third kappa shape index (κ3) is 1.93. The molecule has 4 rings (SSSR count). The smallest absolute Gasteiger partial charge is 0.231 e. The molecular formula is C15H11BrN2OS. The van der Waals surface area contributed by atoms with E-state index in [9.17, 15) is 0 Å². The van der Waals surface area contributed by atoms with Crippen molar-refractivity contribution in [2.45, 2.75) is 19.3 Å². The molecule has 0 saturated carbocycles. The molecule has 1 aromatic carbocycles. The number of para-hydroxylation sites is 1. The summed E-state index contributed by atoms with van der Waals surface area (Å²) in [5.74, 6) is 1.45. The van der Waals surface area contributed by atoms with Gasteiger partial charge in [-0.25, -0.2) is 9.97 Å². The van der Waals surface area contributed by atoms with Gasteiger partial charge in [-0.1, -0.05) is 12.1 Å². The van der Waals surface area contributed by atoms with Crippen molar-refractivity contribution in [2.75, 3.05) is 0 Å². The molecule has 20 heavy (non-hydrogen) atoms. The van der Waals surface area contributed by atoms with Crippen LogP contribution >= 0.6 is 27.3 Å². The fourth-order valence-corrected chi connectivity index (χ4v) is 4.19. The summed E-state index contributed by atoms with van der Waals surface area (Å²) in [4.78, 5) is 11.2. The van der Waals surface area contributed by atoms with Gasteiger partial charge in [0.1, 0.15) is 16.9 Å². The second-order valence-electron chi connectivity index (χ2n) is 4.75. The molecule has 0 amide bonds. The molecule has 100 valence electrons. The van der Waals surface area contributed by atoms with Crippen LogP contribution in [0.1, 0.15) is 16.9 Å². The van der Waals surface area contributed by atoms with Crippen LogP contribution in [-0.2, 0) is 12.8 Å². The number of hydrogen-bond donors (Lipinski definition) is 0. The fraction of sp³-hybridized carbons (Fsp3) is 0.200. The second-order valence-corrected chi connectivity index (χ2v) is 6.69. The third-order valence-corrected chi connectivity index (χ3v) is 5.36. The molecule has 0 fully saturated rings. The minimum atomic E-state index is 0.668. The summed E-state index contributed by atoms with van der Waals surface area (Å²) in [6.45, 7) is 0. The van der Waals surface area contributed by atoms with Gasteiger partial charge >= 0.3 is 0 Å². The van der Waals surface area contributed by atoms with Gasteiger partial charge in [-0.2, -0.15) is 0 Å². The Bertz CT molecular complexity index is 800. The molecule has 0 aliphatic heterocycles. The predicted octanol–water partition coefficient (Wildman–Crippen LogP) is 4.73. The zero-order valence-corrected chi connectivity index (χ0v) is 13.0. The number of fused-ring (bicyclic) bond motifs is 3. The number of rotatable bonds is 2. The van der Waals surface area contributed by atoms with E-state index in [2.05, 4.69) is 25.9 Å². The van der Waals surface area contributed by atoms with Crippen molar-refractivity contribution in [1.29, 1.82) is 0 Å². The number of hydrogen-bond acceptors (Lipinski definition) is 4. The predicted molar refractivity (Wildman–Crippen MR) is 83.7 cm³/mol. The molecule has 3 nitrogen and oxygen atoms in total. The number of benzene rings is 1. The Morgan fingerprint density at radius 3 is 2.95 bits per heavy atom. The van der Waals surface area contributed by atoms with Crippen LogP contribution in [0.3, 0.4) is 0 Å². The van der Waals surface area contributed by atoms with Crippen molar-refractivity contribution < 1.29 is 4.74 Å². The average Bonchev–Trinajstić information content (AvgIpc) is 3.02. The van der Waals surface area contributed by atoms with Crippen LogP contribution in [0.5, 0.6) is 11.6 Å². The summed E-state index contributed by atoms with van der Waals surface area (Å²) in [6.07, 6.45) is 5.07. The minimum absolute atomic E-state index is 0.668.